The zero-order valence-electron chi connectivity index (χ0n) is 14.4. The average molecular weight is 354 g/mol. The Morgan fingerprint density at radius 3 is 2.56 bits per heavy atom. The van der Waals surface area contributed by atoms with Gasteiger partial charge in [-0.25, -0.2) is 9.37 Å². The van der Waals surface area contributed by atoms with E-state index >= 15 is 0 Å². The van der Waals surface area contributed by atoms with Gasteiger partial charge < -0.3 is 5.32 Å². The molecule has 0 aliphatic heterocycles. The van der Waals surface area contributed by atoms with Crippen molar-refractivity contribution in [3.63, 3.8) is 0 Å². The Kier molecular flexibility index (Phi) is 4.95. The lowest BCUT2D eigenvalue weighted by atomic mass is 10.1. The van der Waals surface area contributed by atoms with Crippen molar-refractivity contribution in [2.24, 2.45) is 0 Å². The number of benzene rings is 2. The Morgan fingerprint density at radius 1 is 1.12 bits per heavy atom. The lowest BCUT2D eigenvalue weighted by Gasteiger charge is -2.08. The molecule has 1 aromatic heterocycles. The predicted molar refractivity (Wildman–Crippen MR) is 100 cm³/mol. The minimum absolute atomic E-state index is 0.175. The number of anilines is 1. The van der Waals surface area contributed by atoms with Gasteiger partial charge in [0.15, 0.2) is 0 Å². The van der Waals surface area contributed by atoms with E-state index in [0.29, 0.717) is 5.69 Å². The maximum atomic E-state index is 13.4. The number of hydrogen-bond acceptors (Lipinski definition) is 3. The van der Waals surface area contributed by atoms with Crippen LogP contribution in [0, 0.1) is 26.6 Å². The molecule has 0 bridgehead atoms. The van der Waals surface area contributed by atoms with Crippen LogP contribution >= 0.6 is 11.3 Å². The minimum atomic E-state index is -0.366. The molecular formula is C20H19FN2OS. The molecule has 5 heteroatoms. The Hall–Kier alpha value is -2.53. The van der Waals surface area contributed by atoms with Crippen LogP contribution in [0.2, 0.25) is 0 Å². The number of carbonyl (C=O) groups is 1. The third kappa shape index (κ3) is 4.12. The first-order valence-electron chi connectivity index (χ1n) is 8.02. The zero-order valence-corrected chi connectivity index (χ0v) is 15.2. The molecule has 0 aliphatic rings. The average Bonchev–Trinajstić information content (AvgIpc) is 2.92. The summed E-state index contributed by atoms with van der Waals surface area (Å²) in [5, 5.41) is 3.71. The van der Waals surface area contributed by atoms with E-state index in [1.165, 1.54) is 29.0 Å². The van der Waals surface area contributed by atoms with Gasteiger partial charge in [0.25, 0.3) is 0 Å². The topological polar surface area (TPSA) is 42.0 Å². The number of aryl methyl sites for hydroxylation is 3. The molecule has 0 aliphatic carbocycles. The summed E-state index contributed by atoms with van der Waals surface area (Å²) in [6, 6.07) is 12.5. The third-order valence-electron chi connectivity index (χ3n) is 3.92. The van der Waals surface area contributed by atoms with Crippen LogP contribution in [0.4, 0.5) is 10.1 Å². The number of rotatable bonds is 4. The van der Waals surface area contributed by atoms with E-state index in [9.17, 15) is 9.18 Å². The lowest BCUT2D eigenvalue weighted by molar-refractivity contribution is -0.115. The molecule has 0 radical (unpaired) electrons. The highest BCUT2D eigenvalue weighted by molar-refractivity contribution is 7.12. The van der Waals surface area contributed by atoms with Gasteiger partial charge in [0, 0.05) is 16.1 Å². The number of halogens is 1. The zero-order chi connectivity index (χ0) is 18.0. The summed E-state index contributed by atoms with van der Waals surface area (Å²) < 4.78 is 13.4. The molecular weight excluding hydrogens is 335 g/mol. The van der Waals surface area contributed by atoms with Gasteiger partial charge in [-0.3, -0.25) is 4.79 Å². The first kappa shape index (κ1) is 17.3. The van der Waals surface area contributed by atoms with Crippen LogP contribution in [0.1, 0.15) is 21.0 Å². The number of aromatic nitrogens is 1. The summed E-state index contributed by atoms with van der Waals surface area (Å²) in [5.41, 5.74) is 4.35. The summed E-state index contributed by atoms with van der Waals surface area (Å²) in [5.74, 6) is -0.541. The van der Waals surface area contributed by atoms with E-state index in [2.05, 4.69) is 10.3 Å². The fraction of sp³-hybridized carbons (Fsp3) is 0.200. The summed E-state index contributed by atoms with van der Waals surface area (Å²) >= 11 is 1.51. The summed E-state index contributed by atoms with van der Waals surface area (Å²) in [4.78, 5) is 17.9. The molecule has 0 spiro atoms. The second-order valence-electron chi connectivity index (χ2n) is 6.05. The van der Waals surface area contributed by atoms with Crippen LogP contribution in [0.15, 0.2) is 42.5 Å². The highest BCUT2D eigenvalue weighted by atomic mass is 32.1. The maximum Gasteiger partial charge on any atom is 0.229 e. The molecule has 3 nitrogen and oxygen atoms in total. The van der Waals surface area contributed by atoms with Gasteiger partial charge in [0.1, 0.15) is 5.82 Å². The Bertz CT molecular complexity index is 916. The fourth-order valence-electron chi connectivity index (χ4n) is 2.60. The van der Waals surface area contributed by atoms with Crippen LogP contribution in [0.25, 0.3) is 11.3 Å². The van der Waals surface area contributed by atoms with E-state index in [-0.39, 0.29) is 18.1 Å². The summed E-state index contributed by atoms with van der Waals surface area (Å²) in [6.45, 7) is 5.80. The van der Waals surface area contributed by atoms with Crippen LogP contribution in [0.3, 0.4) is 0 Å². The Labute approximate surface area is 150 Å². The highest BCUT2D eigenvalue weighted by Gasteiger charge is 2.15. The third-order valence-corrected chi connectivity index (χ3v) is 4.89. The molecule has 0 saturated carbocycles. The van der Waals surface area contributed by atoms with Crippen molar-refractivity contribution in [2.75, 3.05) is 5.32 Å². The quantitative estimate of drug-likeness (QED) is 0.712. The number of amides is 1. The largest absolute Gasteiger partial charge is 0.325 e. The van der Waals surface area contributed by atoms with E-state index < -0.39 is 0 Å². The molecule has 0 fully saturated rings. The summed E-state index contributed by atoms with van der Waals surface area (Å²) in [6.07, 6.45) is 0.213. The van der Waals surface area contributed by atoms with Gasteiger partial charge in [0.2, 0.25) is 5.91 Å². The second-order valence-corrected chi connectivity index (χ2v) is 7.34. The van der Waals surface area contributed by atoms with Crippen LogP contribution in [-0.2, 0) is 11.2 Å². The van der Waals surface area contributed by atoms with Crippen molar-refractivity contribution in [1.29, 1.82) is 0 Å². The van der Waals surface area contributed by atoms with Crippen LogP contribution in [0.5, 0.6) is 0 Å². The molecule has 128 valence electrons. The minimum Gasteiger partial charge on any atom is -0.325 e. The monoisotopic (exact) mass is 354 g/mol. The van der Waals surface area contributed by atoms with E-state index in [4.69, 9.17) is 0 Å². The van der Waals surface area contributed by atoms with Crippen LogP contribution < -0.4 is 5.32 Å². The predicted octanol–water partition coefficient (Wildman–Crippen LogP) is 5.06. The van der Waals surface area contributed by atoms with Gasteiger partial charge in [-0.2, -0.15) is 0 Å². The SMILES string of the molecule is Cc1ccc(-c2nc(C)sc2CC(=O)Nc2cc(F)ccc2C)cc1. The Balaban J connectivity index is 1.82. The highest BCUT2D eigenvalue weighted by Crippen LogP contribution is 2.29. The van der Waals surface area contributed by atoms with Crippen molar-refractivity contribution >= 4 is 22.9 Å². The summed E-state index contributed by atoms with van der Waals surface area (Å²) in [7, 11) is 0. The number of thiazole rings is 1. The maximum absolute atomic E-state index is 13.4. The van der Waals surface area contributed by atoms with Crippen molar-refractivity contribution in [2.45, 2.75) is 27.2 Å². The number of nitrogens with one attached hydrogen (secondary N) is 1. The van der Waals surface area contributed by atoms with Gasteiger partial charge in [-0.1, -0.05) is 35.9 Å². The molecule has 0 atom stereocenters. The van der Waals surface area contributed by atoms with E-state index in [0.717, 1.165) is 26.7 Å². The standard InChI is InChI=1S/C20H19FN2OS/c1-12-4-7-15(8-5-12)20-18(25-14(3)22-20)11-19(24)23-17-10-16(21)9-6-13(17)2/h4-10H,11H2,1-3H3,(H,23,24). The molecule has 1 amide bonds. The van der Waals surface area contributed by atoms with Crippen molar-refractivity contribution < 1.29 is 9.18 Å². The molecule has 0 unspecified atom stereocenters. The van der Waals surface area contributed by atoms with E-state index in [1.807, 2.05) is 45.0 Å². The number of hydrogen-bond donors (Lipinski definition) is 1. The molecule has 3 aromatic rings. The van der Waals surface area contributed by atoms with Gasteiger partial charge in [-0.15, -0.1) is 11.3 Å². The van der Waals surface area contributed by atoms with Crippen molar-refractivity contribution in [3.05, 3.63) is 69.3 Å². The van der Waals surface area contributed by atoms with Crippen molar-refractivity contribution in [1.82, 2.24) is 4.98 Å². The Morgan fingerprint density at radius 2 is 1.84 bits per heavy atom. The van der Waals surface area contributed by atoms with Crippen LogP contribution in [-0.4, -0.2) is 10.9 Å². The molecule has 2 aromatic carbocycles. The van der Waals surface area contributed by atoms with E-state index in [1.54, 1.807) is 6.07 Å². The normalized spacial score (nSPS) is 10.7. The molecule has 1 heterocycles. The fourth-order valence-corrected chi connectivity index (χ4v) is 3.55. The molecule has 0 saturated heterocycles. The van der Waals surface area contributed by atoms with Gasteiger partial charge >= 0.3 is 0 Å². The lowest BCUT2D eigenvalue weighted by Crippen LogP contribution is -2.15. The van der Waals surface area contributed by atoms with Gasteiger partial charge in [0.05, 0.1) is 17.1 Å². The molecule has 1 N–H and O–H groups in total. The van der Waals surface area contributed by atoms with Crippen molar-refractivity contribution in [3.8, 4) is 11.3 Å². The first-order valence-corrected chi connectivity index (χ1v) is 8.83. The van der Waals surface area contributed by atoms with Gasteiger partial charge in [-0.05, 0) is 38.5 Å². The second kappa shape index (κ2) is 7.15. The number of nitrogens with zero attached hydrogens (tertiary/aromatic N) is 1. The smallest absolute Gasteiger partial charge is 0.229 e. The number of carbonyl (C=O) groups excluding carboxylic acids is 1. The molecule has 3 rings (SSSR count). The molecule has 25 heavy (non-hydrogen) atoms. The first-order chi connectivity index (χ1) is 11.9.